The fourth-order valence-electron chi connectivity index (χ4n) is 4.22. The molecule has 1 N–H and O–H groups in total. The molecule has 27 heavy (non-hydrogen) atoms. The maximum absolute atomic E-state index is 12.8. The largest absolute Gasteiger partial charge is 0.313 e. The molecular weight excluding hydrogens is 358 g/mol. The first-order chi connectivity index (χ1) is 13.0. The molecule has 4 atom stereocenters. The summed E-state index contributed by atoms with van der Waals surface area (Å²) < 4.78 is 0. The quantitative estimate of drug-likeness (QED) is 0.794. The number of carbonyl (C=O) groups is 2. The van der Waals surface area contributed by atoms with Gasteiger partial charge in [0.15, 0.2) is 5.17 Å². The number of thioether (sulfide) groups is 1. The average Bonchev–Trinajstić information content (AvgIpc) is 3.32. The lowest BCUT2D eigenvalue weighted by molar-refractivity contribution is -0.123. The van der Waals surface area contributed by atoms with E-state index in [9.17, 15) is 9.59 Å². The van der Waals surface area contributed by atoms with Gasteiger partial charge in [-0.1, -0.05) is 36.0 Å². The summed E-state index contributed by atoms with van der Waals surface area (Å²) in [7, 11) is 0. The van der Waals surface area contributed by atoms with Crippen molar-refractivity contribution in [3.05, 3.63) is 42.0 Å². The second-order valence-corrected chi connectivity index (χ2v) is 8.75. The van der Waals surface area contributed by atoms with Gasteiger partial charge in [-0.3, -0.25) is 14.6 Å². The zero-order valence-electron chi connectivity index (χ0n) is 15.7. The molecular formula is C21H25N3O2S. The number of hydrogen-bond donors (Lipinski definition) is 1. The fourth-order valence-corrected chi connectivity index (χ4v) is 5.24. The maximum atomic E-state index is 12.8. The number of carbonyl (C=O) groups excluding carboxylic acids is 2. The summed E-state index contributed by atoms with van der Waals surface area (Å²) in [5.41, 5.74) is 2.00. The zero-order chi connectivity index (χ0) is 19.0. The summed E-state index contributed by atoms with van der Waals surface area (Å²) in [6, 6.07) is 8.17. The highest BCUT2D eigenvalue weighted by Crippen LogP contribution is 2.41. The fraction of sp³-hybridized carbons (Fsp3) is 0.476. The van der Waals surface area contributed by atoms with E-state index in [0.29, 0.717) is 23.5 Å². The van der Waals surface area contributed by atoms with Crippen molar-refractivity contribution in [2.75, 3.05) is 11.4 Å². The molecule has 1 aromatic rings. The molecule has 1 aromatic carbocycles. The van der Waals surface area contributed by atoms with Crippen molar-refractivity contribution in [2.24, 2.45) is 16.8 Å². The van der Waals surface area contributed by atoms with E-state index in [-0.39, 0.29) is 24.3 Å². The smallest absolute Gasteiger partial charge is 0.240 e. The Hall–Kier alpha value is -2.08. The molecule has 6 heteroatoms. The third-order valence-electron chi connectivity index (χ3n) is 5.59. The highest BCUT2D eigenvalue weighted by molar-refractivity contribution is 8.15. The second-order valence-electron chi connectivity index (χ2n) is 7.56. The minimum absolute atomic E-state index is 0.0279. The van der Waals surface area contributed by atoms with Gasteiger partial charge in [0.25, 0.3) is 0 Å². The lowest BCUT2D eigenvalue weighted by atomic mass is 10.0. The molecule has 1 saturated carbocycles. The van der Waals surface area contributed by atoms with Crippen LogP contribution < -0.4 is 10.2 Å². The number of hydrogen-bond acceptors (Lipinski definition) is 4. The van der Waals surface area contributed by atoms with Crippen molar-refractivity contribution < 1.29 is 9.59 Å². The Kier molecular flexibility index (Phi) is 5.08. The number of nitrogens with one attached hydrogen (secondary N) is 1. The number of anilines is 1. The van der Waals surface area contributed by atoms with Crippen molar-refractivity contribution >= 4 is 34.4 Å². The van der Waals surface area contributed by atoms with Crippen molar-refractivity contribution in [1.82, 2.24) is 5.32 Å². The summed E-state index contributed by atoms with van der Waals surface area (Å²) in [5, 5.41) is 3.16. The summed E-state index contributed by atoms with van der Waals surface area (Å²) in [4.78, 5) is 31.7. The number of aryl methyl sites for hydroxylation is 1. The molecule has 2 amide bonds. The van der Waals surface area contributed by atoms with Crippen LogP contribution in [-0.2, 0) is 9.59 Å². The normalized spacial score (nSPS) is 30.1. The molecule has 4 unspecified atom stereocenters. The van der Waals surface area contributed by atoms with Crippen molar-refractivity contribution in [2.45, 2.75) is 44.4 Å². The van der Waals surface area contributed by atoms with Crippen LogP contribution in [0.25, 0.3) is 0 Å². The van der Waals surface area contributed by atoms with Gasteiger partial charge in [-0.2, -0.15) is 0 Å². The number of nitrogens with zero attached hydrogens (tertiary/aromatic N) is 2. The van der Waals surface area contributed by atoms with Crippen molar-refractivity contribution in [3.8, 4) is 0 Å². The first-order valence-electron chi connectivity index (χ1n) is 9.64. The van der Waals surface area contributed by atoms with Crippen LogP contribution in [0.4, 0.5) is 5.69 Å². The maximum Gasteiger partial charge on any atom is 0.240 e. The molecule has 3 aliphatic rings. The second kappa shape index (κ2) is 7.50. The molecule has 1 aliphatic heterocycles. The molecule has 142 valence electrons. The lowest BCUT2D eigenvalue weighted by Gasteiger charge is -2.22. The molecule has 2 fully saturated rings. The number of fused-ring (bicyclic) bond motifs is 2. The molecule has 0 radical (unpaired) electrons. The Balaban J connectivity index is 1.41. The number of amidine groups is 1. The van der Waals surface area contributed by atoms with Crippen LogP contribution in [0.1, 0.15) is 31.7 Å². The minimum Gasteiger partial charge on any atom is -0.313 e. The van der Waals surface area contributed by atoms with Crippen LogP contribution in [0.2, 0.25) is 0 Å². The van der Waals surface area contributed by atoms with Gasteiger partial charge < -0.3 is 10.2 Å². The van der Waals surface area contributed by atoms with Crippen molar-refractivity contribution in [3.63, 3.8) is 0 Å². The van der Waals surface area contributed by atoms with Crippen LogP contribution in [0.15, 0.2) is 41.4 Å². The molecule has 2 bridgehead atoms. The number of benzene rings is 1. The van der Waals surface area contributed by atoms with E-state index in [1.165, 1.54) is 18.2 Å². The van der Waals surface area contributed by atoms with E-state index < -0.39 is 5.25 Å². The average molecular weight is 384 g/mol. The summed E-state index contributed by atoms with van der Waals surface area (Å²) in [5.74, 6) is 1.03. The predicted molar refractivity (Wildman–Crippen MR) is 110 cm³/mol. The van der Waals surface area contributed by atoms with Crippen molar-refractivity contribution in [1.29, 1.82) is 0 Å². The number of aliphatic imine (C=N–C) groups is 1. The van der Waals surface area contributed by atoms with Crippen LogP contribution in [-0.4, -0.2) is 34.8 Å². The van der Waals surface area contributed by atoms with Gasteiger partial charge in [0.05, 0.1) is 6.04 Å². The van der Waals surface area contributed by atoms with Crippen LogP contribution >= 0.6 is 11.8 Å². The van der Waals surface area contributed by atoms with Crippen LogP contribution in [0, 0.1) is 18.8 Å². The van der Waals surface area contributed by atoms with Gasteiger partial charge in [0.2, 0.25) is 11.8 Å². The van der Waals surface area contributed by atoms with E-state index in [1.807, 2.05) is 38.1 Å². The monoisotopic (exact) mass is 383 g/mol. The minimum atomic E-state index is -0.399. The molecule has 2 aliphatic carbocycles. The van der Waals surface area contributed by atoms with Gasteiger partial charge in [0, 0.05) is 18.7 Å². The molecule has 1 saturated heterocycles. The van der Waals surface area contributed by atoms with E-state index in [0.717, 1.165) is 17.7 Å². The standard InChI is InChI=1S/C21H25N3O2S/c1-3-24(16-6-4-5-13(2)9-16)19(25)12-18-20(26)23-21(27-18)22-17-11-14-7-8-15(17)10-14/h4-9,14-15,17-18H,3,10-12H2,1-2H3,(H,22,23,26). The van der Waals surface area contributed by atoms with Gasteiger partial charge in [0.1, 0.15) is 5.25 Å². The third-order valence-corrected chi connectivity index (χ3v) is 6.69. The number of rotatable bonds is 5. The molecule has 0 spiro atoms. The van der Waals surface area contributed by atoms with Gasteiger partial charge in [-0.25, -0.2) is 0 Å². The molecule has 0 aromatic heterocycles. The topological polar surface area (TPSA) is 61.8 Å². The lowest BCUT2D eigenvalue weighted by Crippen LogP contribution is -2.35. The highest BCUT2D eigenvalue weighted by atomic mass is 32.2. The summed E-state index contributed by atoms with van der Waals surface area (Å²) >= 11 is 1.41. The molecule has 5 nitrogen and oxygen atoms in total. The predicted octanol–water partition coefficient (Wildman–Crippen LogP) is 3.29. The van der Waals surface area contributed by atoms with Gasteiger partial charge in [-0.05, 0) is 56.2 Å². The number of allylic oxidation sites excluding steroid dienone is 1. The Labute approximate surface area is 164 Å². The Morgan fingerprint density at radius 2 is 2.19 bits per heavy atom. The zero-order valence-corrected chi connectivity index (χ0v) is 16.5. The van der Waals surface area contributed by atoms with Gasteiger partial charge >= 0.3 is 0 Å². The van der Waals surface area contributed by atoms with Gasteiger partial charge in [-0.15, -0.1) is 0 Å². The first kappa shape index (κ1) is 18.3. The van der Waals surface area contributed by atoms with E-state index in [2.05, 4.69) is 17.5 Å². The highest BCUT2D eigenvalue weighted by Gasteiger charge is 2.38. The van der Waals surface area contributed by atoms with E-state index in [4.69, 9.17) is 4.99 Å². The third kappa shape index (κ3) is 3.81. The molecule has 4 rings (SSSR count). The number of amides is 2. The first-order valence-corrected chi connectivity index (χ1v) is 10.5. The van der Waals surface area contributed by atoms with Crippen LogP contribution in [0.5, 0.6) is 0 Å². The Morgan fingerprint density at radius 3 is 2.85 bits per heavy atom. The Morgan fingerprint density at radius 1 is 1.33 bits per heavy atom. The summed E-state index contributed by atoms with van der Waals surface area (Å²) in [6.45, 7) is 4.55. The van der Waals surface area contributed by atoms with E-state index in [1.54, 1.807) is 4.90 Å². The summed E-state index contributed by atoms with van der Waals surface area (Å²) in [6.07, 6.45) is 6.99. The SMILES string of the molecule is CCN(C(=O)CC1SC(=NC2CC3C=CC2C3)NC1=O)c1cccc(C)c1. The Bertz CT molecular complexity index is 819. The van der Waals surface area contributed by atoms with Crippen LogP contribution in [0.3, 0.4) is 0 Å². The molecule has 1 heterocycles. The van der Waals surface area contributed by atoms with E-state index >= 15 is 0 Å².